The summed E-state index contributed by atoms with van der Waals surface area (Å²) in [7, 11) is 1.71. The molecule has 0 aliphatic rings. The Balaban J connectivity index is 2.74. The van der Waals surface area contributed by atoms with Gasteiger partial charge in [0.2, 0.25) is 0 Å². The zero-order chi connectivity index (χ0) is 17.8. The molecule has 0 radical (unpaired) electrons. The van der Waals surface area contributed by atoms with Crippen molar-refractivity contribution in [3.05, 3.63) is 18.0 Å². The van der Waals surface area contributed by atoms with Crippen molar-refractivity contribution in [3.63, 3.8) is 0 Å². The molecule has 0 fully saturated rings. The molecule has 23 heavy (non-hydrogen) atoms. The highest BCUT2D eigenvalue weighted by molar-refractivity contribution is 5.93. The van der Waals surface area contributed by atoms with E-state index >= 15 is 0 Å². The molecule has 0 saturated heterocycles. The highest BCUT2D eigenvalue weighted by atomic mass is 16.6. The Kier molecular flexibility index (Phi) is 5.80. The Morgan fingerprint density at radius 1 is 1.30 bits per heavy atom. The number of ether oxygens (including phenoxy) is 1. The third-order valence-corrected chi connectivity index (χ3v) is 3.73. The number of aryl methyl sites for hydroxylation is 1. The third-order valence-electron chi connectivity index (χ3n) is 3.73. The van der Waals surface area contributed by atoms with Gasteiger partial charge in [-0.15, -0.1) is 0 Å². The average molecular weight is 324 g/mol. The number of amides is 2. The number of aromatic nitrogens is 2. The Hall–Kier alpha value is -2.05. The summed E-state index contributed by atoms with van der Waals surface area (Å²) in [5, 5.41) is 9.71. The summed E-state index contributed by atoms with van der Waals surface area (Å²) >= 11 is 0. The maximum atomic E-state index is 12.4. The van der Waals surface area contributed by atoms with Gasteiger partial charge in [0.05, 0.1) is 5.54 Å². The first-order valence-electron chi connectivity index (χ1n) is 7.72. The van der Waals surface area contributed by atoms with Gasteiger partial charge < -0.3 is 15.4 Å². The fourth-order valence-corrected chi connectivity index (χ4v) is 1.88. The van der Waals surface area contributed by atoms with Gasteiger partial charge in [-0.2, -0.15) is 5.10 Å². The van der Waals surface area contributed by atoms with Gasteiger partial charge in [-0.1, -0.05) is 13.8 Å². The molecule has 0 aromatic carbocycles. The second-order valence-electron chi connectivity index (χ2n) is 7.22. The average Bonchev–Trinajstić information content (AvgIpc) is 2.80. The summed E-state index contributed by atoms with van der Waals surface area (Å²) in [6, 6.07) is 1.65. The van der Waals surface area contributed by atoms with Gasteiger partial charge in [0.1, 0.15) is 11.3 Å². The number of carbonyl (C=O) groups is 2. The van der Waals surface area contributed by atoms with Crippen molar-refractivity contribution in [1.29, 1.82) is 0 Å². The predicted molar refractivity (Wildman–Crippen MR) is 88.2 cm³/mol. The Morgan fingerprint density at radius 3 is 2.35 bits per heavy atom. The minimum Gasteiger partial charge on any atom is -0.444 e. The van der Waals surface area contributed by atoms with Crippen molar-refractivity contribution in [2.24, 2.45) is 13.0 Å². The fraction of sp³-hybridized carbons (Fsp3) is 0.688. The van der Waals surface area contributed by atoms with Gasteiger partial charge in [-0.25, -0.2) is 4.79 Å². The molecule has 1 aromatic rings. The molecule has 130 valence electrons. The SMILES string of the molecule is CC(C)C(C)(CNC(=O)OC(C)(C)C)NC(=O)c1ccnn1C. The number of hydrogen-bond acceptors (Lipinski definition) is 4. The highest BCUT2D eigenvalue weighted by Crippen LogP contribution is 2.17. The molecule has 1 aromatic heterocycles. The highest BCUT2D eigenvalue weighted by Gasteiger charge is 2.32. The van der Waals surface area contributed by atoms with Gasteiger partial charge in [0.25, 0.3) is 5.91 Å². The number of carbonyl (C=O) groups excluding carboxylic acids is 2. The van der Waals surface area contributed by atoms with Gasteiger partial charge in [-0.3, -0.25) is 9.48 Å². The molecule has 1 rings (SSSR count). The summed E-state index contributed by atoms with van der Waals surface area (Å²) in [5.74, 6) is -0.123. The standard InChI is InChI=1S/C16H28N4O3/c1-11(2)16(6,10-17-14(22)23-15(3,4)5)19-13(21)12-8-9-18-20(12)7/h8-9,11H,10H2,1-7H3,(H,17,22)(H,19,21). The summed E-state index contributed by atoms with van der Waals surface area (Å²) in [6.45, 7) is 11.5. The quantitative estimate of drug-likeness (QED) is 0.868. The van der Waals surface area contributed by atoms with E-state index in [0.717, 1.165) is 0 Å². The van der Waals surface area contributed by atoms with Crippen LogP contribution in [0.1, 0.15) is 52.0 Å². The zero-order valence-corrected chi connectivity index (χ0v) is 15.1. The van der Waals surface area contributed by atoms with Crippen LogP contribution in [0.15, 0.2) is 12.3 Å². The van der Waals surface area contributed by atoms with Crippen LogP contribution in [0.2, 0.25) is 0 Å². The predicted octanol–water partition coefficient (Wildman–Crippen LogP) is 2.09. The van der Waals surface area contributed by atoms with Crippen LogP contribution >= 0.6 is 0 Å². The molecule has 0 saturated carbocycles. The number of rotatable bonds is 5. The molecule has 1 unspecified atom stereocenters. The Bertz CT molecular complexity index is 560. The van der Waals surface area contributed by atoms with E-state index in [1.807, 2.05) is 20.8 Å². The van der Waals surface area contributed by atoms with E-state index < -0.39 is 17.2 Å². The van der Waals surface area contributed by atoms with E-state index in [-0.39, 0.29) is 18.4 Å². The van der Waals surface area contributed by atoms with Crippen LogP contribution in [-0.2, 0) is 11.8 Å². The maximum absolute atomic E-state index is 12.4. The molecule has 0 aliphatic heterocycles. The van der Waals surface area contributed by atoms with Crippen molar-refractivity contribution >= 4 is 12.0 Å². The molecule has 0 bridgehead atoms. The number of alkyl carbamates (subject to hydrolysis) is 1. The van der Waals surface area contributed by atoms with Crippen LogP contribution in [0.3, 0.4) is 0 Å². The monoisotopic (exact) mass is 324 g/mol. The second-order valence-corrected chi connectivity index (χ2v) is 7.22. The minimum absolute atomic E-state index is 0.106. The van der Waals surface area contributed by atoms with Crippen LogP contribution in [-0.4, -0.2) is 39.5 Å². The maximum Gasteiger partial charge on any atom is 0.407 e. The molecule has 0 aliphatic carbocycles. The summed E-state index contributed by atoms with van der Waals surface area (Å²) in [4.78, 5) is 24.2. The fourth-order valence-electron chi connectivity index (χ4n) is 1.88. The molecule has 0 spiro atoms. The first kappa shape index (κ1) is 19.0. The van der Waals surface area contributed by atoms with Crippen LogP contribution in [0.25, 0.3) is 0 Å². The van der Waals surface area contributed by atoms with Crippen molar-refractivity contribution in [2.45, 2.75) is 52.7 Å². The van der Waals surface area contributed by atoms with E-state index in [0.29, 0.717) is 5.69 Å². The normalized spacial score (nSPS) is 14.3. The topological polar surface area (TPSA) is 85.2 Å². The summed E-state index contributed by atoms with van der Waals surface area (Å²) < 4.78 is 6.74. The van der Waals surface area contributed by atoms with Gasteiger partial charge in [-0.05, 0) is 39.7 Å². The van der Waals surface area contributed by atoms with Crippen molar-refractivity contribution in [3.8, 4) is 0 Å². The third kappa shape index (κ3) is 5.58. The van der Waals surface area contributed by atoms with Crippen LogP contribution in [0.5, 0.6) is 0 Å². The molecular weight excluding hydrogens is 296 g/mol. The lowest BCUT2D eigenvalue weighted by molar-refractivity contribution is 0.0496. The van der Waals surface area contributed by atoms with Crippen LogP contribution in [0, 0.1) is 5.92 Å². The van der Waals surface area contributed by atoms with Crippen LogP contribution < -0.4 is 10.6 Å². The molecular formula is C16H28N4O3. The molecule has 1 heterocycles. The lowest BCUT2D eigenvalue weighted by atomic mass is 9.88. The molecule has 1 atom stereocenters. The lowest BCUT2D eigenvalue weighted by Crippen LogP contribution is -2.57. The van der Waals surface area contributed by atoms with Gasteiger partial charge >= 0.3 is 6.09 Å². The number of nitrogens with one attached hydrogen (secondary N) is 2. The summed E-state index contributed by atoms with van der Waals surface area (Å²) in [6.07, 6.45) is 1.07. The first-order valence-corrected chi connectivity index (χ1v) is 7.72. The van der Waals surface area contributed by atoms with Gasteiger partial charge in [0, 0.05) is 19.8 Å². The zero-order valence-electron chi connectivity index (χ0n) is 15.1. The molecule has 7 heteroatoms. The van der Waals surface area contributed by atoms with Crippen molar-refractivity contribution < 1.29 is 14.3 Å². The second kappa shape index (κ2) is 7.02. The Labute approximate surface area is 137 Å². The lowest BCUT2D eigenvalue weighted by Gasteiger charge is -2.35. The van der Waals surface area contributed by atoms with E-state index in [1.165, 1.54) is 4.68 Å². The Morgan fingerprint density at radius 2 is 1.91 bits per heavy atom. The smallest absolute Gasteiger partial charge is 0.407 e. The first-order chi connectivity index (χ1) is 10.4. The largest absolute Gasteiger partial charge is 0.444 e. The molecule has 2 N–H and O–H groups in total. The van der Waals surface area contributed by atoms with E-state index in [4.69, 9.17) is 4.74 Å². The van der Waals surface area contributed by atoms with Crippen molar-refractivity contribution in [1.82, 2.24) is 20.4 Å². The van der Waals surface area contributed by atoms with Crippen LogP contribution in [0.4, 0.5) is 4.79 Å². The van der Waals surface area contributed by atoms with Gasteiger partial charge in [0.15, 0.2) is 0 Å². The van der Waals surface area contributed by atoms with E-state index in [2.05, 4.69) is 15.7 Å². The minimum atomic E-state index is -0.613. The number of nitrogens with zero attached hydrogens (tertiary/aromatic N) is 2. The van der Waals surface area contributed by atoms with E-state index in [9.17, 15) is 9.59 Å². The summed E-state index contributed by atoms with van der Waals surface area (Å²) in [5.41, 5.74) is -0.705. The molecule has 2 amide bonds. The van der Waals surface area contributed by atoms with E-state index in [1.54, 1.807) is 40.1 Å². The molecule has 7 nitrogen and oxygen atoms in total. The number of hydrogen-bond donors (Lipinski definition) is 2. The van der Waals surface area contributed by atoms with Crippen molar-refractivity contribution in [2.75, 3.05) is 6.54 Å².